The molecule has 1 amide bonds. The van der Waals surface area contributed by atoms with Crippen molar-refractivity contribution in [1.82, 2.24) is 14.6 Å². The summed E-state index contributed by atoms with van der Waals surface area (Å²) in [7, 11) is -2.92. The van der Waals surface area contributed by atoms with Gasteiger partial charge in [0.25, 0.3) is 5.91 Å². The van der Waals surface area contributed by atoms with E-state index in [9.17, 15) is 26.4 Å². The Morgan fingerprint density at radius 1 is 1.10 bits per heavy atom. The summed E-state index contributed by atoms with van der Waals surface area (Å²) in [5, 5.41) is -0.518. The molecule has 12 heteroatoms. The third-order valence-corrected chi connectivity index (χ3v) is 10.3. The van der Waals surface area contributed by atoms with Crippen molar-refractivity contribution in [2.45, 2.75) is 61.7 Å². The highest BCUT2D eigenvalue weighted by Crippen LogP contribution is 2.46. The molecule has 1 aliphatic heterocycles. The van der Waals surface area contributed by atoms with Crippen LogP contribution in [-0.2, 0) is 21.6 Å². The summed E-state index contributed by atoms with van der Waals surface area (Å²) >= 11 is 6.01. The van der Waals surface area contributed by atoms with Gasteiger partial charge < -0.3 is 9.80 Å². The van der Waals surface area contributed by atoms with E-state index in [-0.39, 0.29) is 11.9 Å². The van der Waals surface area contributed by atoms with Gasteiger partial charge in [0.05, 0.1) is 10.6 Å². The van der Waals surface area contributed by atoms with Gasteiger partial charge in [-0.25, -0.2) is 13.1 Å². The summed E-state index contributed by atoms with van der Waals surface area (Å²) < 4.78 is 70.4. The number of benzene rings is 2. The van der Waals surface area contributed by atoms with Crippen LogP contribution in [0, 0.1) is 0 Å². The van der Waals surface area contributed by atoms with Gasteiger partial charge in [-0.05, 0) is 72.2 Å². The number of piperidine rings is 1. The van der Waals surface area contributed by atoms with Crippen LogP contribution in [0.3, 0.4) is 0 Å². The molecule has 1 atom stereocenters. The summed E-state index contributed by atoms with van der Waals surface area (Å²) in [6, 6.07) is 11.2. The van der Waals surface area contributed by atoms with Crippen LogP contribution in [0.25, 0.3) is 0 Å². The number of aromatic nitrogens is 1. The fourth-order valence-corrected chi connectivity index (χ4v) is 8.10. The first-order valence-corrected chi connectivity index (χ1v) is 15.5. The second-order valence-electron chi connectivity index (χ2n) is 11.5. The zero-order valence-corrected chi connectivity index (χ0v) is 25.0. The molecule has 0 radical (unpaired) electrons. The van der Waals surface area contributed by atoms with E-state index in [1.165, 1.54) is 0 Å². The Kier molecular flexibility index (Phi) is 8.06. The maximum atomic E-state index is 13.7. The lowest BCUT2D eigenvalue weighted by atomic mass is 9.86. The van der Waals surface area contributed by atoms with Gasteiger partial charge in [-0.3, -0.25) is 9.78 Å². The third kappa shape index (κ3) is 5.87. The number of nitrogens with zero attached hydrogens (tertiary/aromatic N) is 3. The SMILES string of the molecule is CN(C(=O)c1ccc2c(c1)C(NS(=O)(=O)c1c(Cl)cccc1C(F)(F)F)CC2(C)C)C1CCN(c2ccncc2)CC1. The largest absolute Gasteiger partial charge is 0.417 e. The summed E-state index contributed by atoms with van der Waals surface area (Å²) in [4.78, 5) is 20.6. The van der Waals surface area contributed by atoms with E-state index in [2.05, 4.69) is 14.6 Å². The lowest BCUT2D eigenvalue weighted by Gasteiger charge is -2.38. The Bertz CT molecular complexity index is 1590. The second-order valence-corrected chi connectivity index (χ2v) is 13.6. The average Bonchev–Trinajstić information content (AvgIpc) is 3.20. The number of amides is 1. The fourth-order valence-electron chi connectivity index (χ4n) is 6.12. The molecule has 42 heavy (non-hydrogen) atoms. The van der Waals surface area contributed by atoms with Crippen molar-refractivity contribution in [1.29, 1.82) is 0 Å². The van der Waals surface area contributed by atoms with Crippen LogP contribution < -0.4 is 9.62 Å². The van der Waals surface area contributed by atoms with Crippen LogP contribution >= 0.6 is 11.6 Å². The molecule has 0 bridgehead atoms. The summed E-state index contributed by atoms with van der Waals surface area (Å²) in [5.74, 6) is -0.197. The van der Waals surface area contributed by atoms with Crippen molar-refractivity contribution >= 4 is 33.2 Å². The molecular formula is C30H32ClF3N4O3S. The number of sulfonamides is 1. The number of carbonyl (C=O) groups excluding carboxylic acids is 1. The Hall–Kier alpha value is -3.15. The van der Waals surface area contributed by atoms with E-state index >= 15 is 0 Å². The lowest BCUT2D eigenvalue weighted by molar-refractivity contribution is -0.139. The Morgan fingerprint density at radius 2 is 1.76 bits per heavy atom. The monoisotopic (exact) mass is 620 g/mol. The van der Waals surface area contributed by atoms with Gasteiger partial charge in [0.15, 0.2) is 0 Å². The topological polar surface area (TPSA) is 82.6 Å². The molecule has 0 spiro atoms. The summed E-state index contributed by atoms with van der Waals surface area (Å²) in [5.41, 5.74) is 1.06. The van der Waals surface area contributed by atoms with Gasteiger partial charge in [-0.15, -0.1) is 0 Å². The van der Waals surface area contributed by atoms with E-state index in [4.69, 9.17) is 11.6 Å². The number of rotatable bonds is 6. The minimum Gasteiger partial charge on any atom is -0.371 e. The highest BCUT2D eigenvalue weighted by molar-refractivity contribution is 7.89. The van der Waals surface area contributed by atoms with Crippen LogP contribution in [0.15, 0.2) is 65.8 Å². The van der Waals surface area contributed by atoms with E-state index in [1.54, 1.807) is 36.5 Å². The fraction of sp³-hybridized carbons (Fsp3) is 0.400. The van der Waals surface area contributed by atoms with Gasteiger partial charge >= 0.3 is 6.18 Å². The second kappa shape index (κ2) is 11.2. The molecule has 1 aliphatic carbocycles. The van der Waals surface area contributed by atoms with Gasteiger partial charge in [0, 0.05) is 55.9 Å². The van der Waals surface area contributed by atoms with Crippen molar-refractivity contribution in [3.8, 4) is 0 Å². The van der Waals surface area contributed by atoms with E-state index < -0.39 is 43.1 Å². The molecule has 3 aromatic rings. The first kappa shape index (κ1) is 30.3. The van der Waals surface area contributed by atoms with Gasteiger partial charge in [-0.1, -0.05) is 37.6 Å². The quantitative estimate of drug-likeness (QED) is 0.355. The molecule has 2 aliphatic rings. The Labute approximate surface area is 248 Å². The van der Waals surface area contributed by atoms with E-state index in [0.29, 0.717) is 23.6 Å². The number of fused-ring (bicyclic) bond motifs is 1. The highest BCUT2D eigenvalue weighted by Gasteiger charge is 2.43. The van der Waals surface area contributed by atoms with E-state index in [1.807, 2.05) is 32.0 Å². The zero-order valence-electron chi connectivity index (χ0n) is 23.5. The number of hydrogen-bond donors (Lipinski definition) is 1. The highest BCUT2D eigenvalue weighted by atomic mass is 35.5. The molecule has 1 N–H and O–H groups in total. The third-order valence-electron chi connectivity index (χ3n) is 8.32. The standard InChI is InChI=1S/C30H32ClF3N4O3S/c1-29(2)18-26(36-42(40,41)27-24(30(32,33)34)5-4-6-25(27)31)22-17-19(7-8-23(22)29)28(39)37(3)20-11-15-38(16-12-20)21-9-13-35-14-10-21/h4-10,13-14,17,20,26,36H,11-12,15-16,18H2,1-3H3. The first-order valence-electron chi connectivity index (χ1n) is 13.6. The van der Waals surface area contributed by atoms with Crippen LogP contribution in [0.5, 0.6) is 0 Å². The molecule has 1 fully saturated rings. The van der Waals surface area contributed by atoms with Crippen molar-refractivity contribution in [3.63, 3.8) is 0 Å². The van der Waals surface area contributed by atoms with E-state index in [0.717, 1.165) is 49.3 Å². The number of carbonyl (C=O) groups is 1. The van der Waals surface area contributed by atoms with Crippen LogP contribution in [-0.4, -0.2) is 50.4 Å². The van der Waals surface area contributed by atoms with Crippen molar-refractivity contribution in [2.75, 3.05) is 25.0 Å². The molecule has 5 rings (SSSR count). The van der Waals surface area contributed by atoms with Crippen molar-refractivity contribution in [3.05, 3.63) is 88.2 Å². The molecular weight excluding hydrogens is 589 g/mol. The van der Waals surface area contributed by atoms with Crippen LogP contribution in [0.4, 0.5) is 18.9 Å². The molecule has 7 nitrogen and oxygen atoms in total. The maximum Gasteiger partial charge on any atom is 0.417 e. The molecule has 1 aromatic heterocycles. The molecule has 2 aromatic carbocycles. The van der Waals surface area contributed by atoms with Crippen molar-refractivity contribution in [2.24, 2.45) is 0 Å². The number of hydrogen-bond acceptors (Lipinski definition) is 5. The van der Waals surface area contributed by atoms with Crippen molar-refractivity contribution < 1.29 is 26.4 Å². The summed E-state index contributed by atoms with van der Waals surface area (Å²) in [6.07, 6.45) is 0.454. The molecule has 2 heterocycles. The normalized spacial score (nSPS) is 19.0. The smallest absolute Gasteiger partial charge is 0.371 e. The lowest BCUT2D eigenvalue weighted by Crippen LogP contribution is -2.45. The molecule has 0 saturated carbocycles. The zero-order chi connectivity index (χ0) is 30.4. The molecule has 1 saturated heterocycles. The number of nitrogens with one attached hydrogen (secondary N) is 1. The number of pyridine rings is 1. The predicted molar refractivity (Wildman–Crippen MR) is 155 cm³/mol. The van der Waals surface area contributed by atoms with Gasteiger partial charge in [0.1, 0.15) is 4.90 Å². The average molecular weight is 621 g/mol. The Morgan fingerprint density at radius 3 is 2.40 bits per heavy atom. The molecule has 1 unspecified atom stereocenters. The van der Waals surface area contributed by atoms with Crippen LogP contribution in [0.2, 0.25) is 5.02 Å². The minimum absolute atomic E-state index is 0.0237. The van der Waals surface area contributed by atoms with Gasteiger partial charge in [-0.2, -0.15) is 13.2 Å². The summed E-state index contributed by atoms with van der Waals surface area (Å²) in [6.45, 7) is 5.44. The molecule has 224 valence electrons. The van der Waals surface area contributed by atoms with Crippen LogP contribution in [0.1, 0.15) is 66.2 Å². The maximum absolute atomic E-state index is 13.7. The number of alkyl halides is 3. The Balaban J connectivity index is 1.38. The van der Waals surface area contributed by atoms with Gasteiger partial charge in [0.2, 0.25) is 10.0 Å². The number of halogens is 4. The predicted octanol–water partition coefficient (Wildman–Crippen LogP) is 6.20. The number of anilines is 1. The minimum atomic E-state index is -4.92. The first-order chi connectivity index (χ1) is 19.7.